The van der Waals surface area contributed by atoms with E-state index in [0.29, 0.717) is 0 Å². The van der Waals surface area contributed by atoms with Gasteiger partial charge in [-0.15, -0.1) is 12.4 Å². The largest absolute Gasteiger partial charge is 0.310 e. The van der Waals surface area contributed by atoms with Gasteiger partial charge < -0.3 is 5.32 Å². The molecule has 1 atom stereocenters. The van der Waals surface area contributed by atoms with Crippen molar-refractivity contribution in [3.05, 3.63) is 35.1 Å². The Balaban J connectivity index is 0.00000128. The minimum absolute atomic E-state index is 0. The molecular weight excluding hydrogens is 239 g/mol. The molecule has 1 aliphatic heterocycles. The molecule has 0 aromatic heterocycles. The van der Waals surface area contributed by atoms with Gasteiger partial charge in [0.2, 0.25) is 0 Å². The SMILES string of the molecule is Cl.Fc1ccc([C@H]2CCCCN2)c(F)c1F. The average Bonchev–Trinajstić information content (AvgIpc) is 2.27. The lowest BCUT2D eigenvalue weighted by Gasteiger charge is -2.24. The highest BCUT2D eigenvalue weighted by atomic mass is 35.5. The lowest BCUT2D eigenvalue weighted by atomic mass is 9.97. The summed E-state index contributed by atoms with van der Waals surface area (Å²) in [6.45, 7) is 0.795. The summed E-state index contributed by atoms with van der Waals surface area (Å²) in [5, 5.41) is 3.09. The van der Waals surface area contributed by atoms with Gasteiger partial charge in [-0.05, 0) is 25.5 Å². The first-order valence-corrected chi connectivity index (χ1v) is 5.07. The Morgan fingerprint density at radius 3 is 2.44 bits per heavy atom. The van der Waals surface area contributed by atoms with Gasteiger partial charge in [-0.1, -0.05) is 12.5 Å². The van der Waals surface area contributed by atoms with E-state index >= 15 is 0 Å². The fourth-order valence-corrected chi connectivity index (χ4v) is 1.93. The summed E-state index contributed by atoms with van der Waals surface area (Å²) >= 11 is 0. The van der Waals surface area contributed by atoms with Crippen molar-refractivity contribution in [3.8, 4) is 0 Å². The van der Waals surface area contributed by atoms with Gasteiger partial charge in [0, 0.05) is 11.6 Å². The smallest absolute Gasteiger partial charge is 0.194 e. The van der Waals surface area contributed by atoms with Crippen LogP contribution in [-0.4, -0.2) is 6.54 Å². The molecule has 1 fully saturated rings. The van der Waals surface area contributed by atoms with Crippen molar-refractivity contribution in [1.29, 1.82) is 0 Å². The van der Waals surface area contributed by atoms with Crippen molar-refractivity contribution < 1.29 is 13.2 Å². The Morgan fingerprint density at radius 1 is 1.06 bits per heavy atom. The molecule has 0 unspecified atom stereocenters. The zero-order chi connectivity index (χ0) is 10.8. The number of rotatable bonds is 1. The van der Waals surface area contributed by atoms with E-state index in [1.165, 1.54) is 6.07 Å². The van der Waals surface area contributed by atoms with Crippen molar-refractivity contribution in [2.75, 3.05) is 6.54 Å². The Bertz CT molecular complexity index is 364. The number of benzene rings is 1. The van der Waals surface area contributed by atoms with E-state index in [1.54, 1.807) is 0 Å². The molecule has 1 aromatic carbocycles. The molecule has 2 rings (SSSR count). The quantitative estimate of drug-likeness (QED) is 0.755. The Hall–Kier alpha value is -0.740. The second-order valence-corrected chi connectivity index (χ2v) is 3.77. The molecule has 16 heavy (non-hydrogen) atoms. The van der Waals surface area contributed by atoms with Gasteiger partial charge in [-0.3, -0.25) is 0 Å². The van der Waals surface area contributed by atoms with Crippen LogP contribution in [0.1, 0.15) is 30.9 Å². The van der Waals surface area contributed by atoms with Crippen LogP contribution in [0.4, 0.5) is 13.2 Å². The van der Waals surface area contributed by atoms with E-state index in [-0.39, 0.29) is 24.0 Å². The Morgan fingerprint density at radius 2 is 1.81 bits per heavy atom. The molecule has 1 heterocycles. The van der Waals surface area contributed by atoms with Gasteiger partial charge >= 0.3 is 0 Å². The molecule has 0 spiro atoms. The highest BCUT2D eigenvalue weighted by molar-refractivity contribution is 5.85. The minimum atomic E-state index is -1.38. The highest BCUT2D eigenvalue weighted by Crippen LogP contribution is 2.27. The molecule has 1 aromatic rings. The molecule has 90 valence electrons. The first-order valence-electron chi connectivity index (χ1n) is 5.07. The topological polar surface area (TPSA) is 12.0 Å². The summed E-state index contributed by atoms with van der Waals surface area (Å²) in [5.41, 5.74) is 0.230. The minimum Gasteiger partial charge on any atom is -0.310 e. The van der Waals surface area contributed by atoms with Crippen LogP contribution in [0.3, 0.4) is 0 Å². The van der Waals surface area contributed by atoms with Gasteiger partial charge in [0.1, 0.15) is 0 Å². The van der Waals surface area contributed by atoms with E-state index in [9.17, 15) is 13.2 Å². The van der Waals surface area contributed by atoms with Crippen LogP contribution in [0.25, 0.3) is 0 Å². The fraction of sp³-hybridized carbons (Fsp3) is 0.455. The van der Waals surface area contributed by atoms with E-state index in [1.807, 2.05) is 0 Å². The third kappa shape index (κ3) is 2.50. The van der Waals surface area contributed by atoms with Crippen molar-refractivity contribution in [3.63, 3.8) is 0 Å². The number of piperidine rings is 1. The average molecular weight is 252 g/mol. The standard InChI is InChI=1S/C11H12F3N.ClH/c12-8-5-4-7(10(13)11(8)14)9-3-1-2-6-15-9;/h4-5,9,15H,1-3,6H2;1H/t9-;/m1./s1. The molecule has 1 nitrogen and oxygen atoms in total. The van der Waals surface area contributed by atoms with E-state index in [0.717, 1.165) is 31.9 Å². The fourth-order valence-electron chi connectivity index (χ4n) is 1.93. The highest BCUT2D eigenvalue weighted by Gasteiger charge is 2.21. The summed E-state index contributed by atoms with van der Waals surface area (Å²) in [6.07, 6.45) is 2.79. The van der Waals surface area contributed by atoms with Gasteiger partial charge in [0.05, 0.1) is 0 Å². The first kappa shape index (κ1) is 13.3. The maximum absolute atomic E-state index is 13.4. The second kappa shape index (κ2) is 5.55. The molecule has 0 aliphatic carbocycles. The van der Waals surface area contributed by atoms with Crippen molar-refractivity contribution >= 4 is 12.4 Å². The number of hydrogen-bond donors (Lipinski definition) is 1. The van der Waals surface area contributed by atoms with Crippen LogP contribution in [0.2, 0.25) is 0 Å². The molecule has 0 amide bonds. The van der Waals surface area contributed by atoms with Crippen molar-refractivity contribution in [1.82, 2.24) is 5.32 Å². The lowest BCUT2D eigenvalue weighted by Crippen LogP contribution is -2.27. The van der Waals surface area contributed by atoms with Crippen LogP contribution in [0, 0.1) is 17.5 Å². The zero-order valence-electron chi connectivity index (χ0n) is 8.60. The van der Waals surface area contributed by atoms with Crippen LogP contribution in [-0.2, 0) is 0 Å². The third-order valence-electron chi connectivity index (χ3n) is 2.75. The van der Waals surface area contributed by atoms with E-state index < -0.39 is 17.5 Å². The van der Waals surface area contributed by atoms with Crippen LogP contribution >= 0.6 is 12.4 Å². The normalized spacial score (nSPS) is 20.3. The van der Waals surface area contributed by atoms with Crippen LogP contribution in [0.15, 0.2) is 12.1 Å². The molecule has 0 radical (unpaired) electrons. The summed E-state index contributed by atoms with van der Waals surface area (Å²) in [7, 11) is 0. The van der Waals surface area contributed by atoms with Gasteiger partial charge in [0.15, 0.2) is 17.5 Å². The lowest BCUT2D eigenvalue weighted by molar-refractivity contribution is 0.382. The molecule has 0 bridgehead atoms. The number of nitrogens with one attached hydrogen (secondary N) is 1. The predicted molar refractivity (Wildman–Crippen MR) is 58.2 cm³/mol. The van der Waals surface area contributed by atoms with Crippen molar-refractivity contribution in [2.45, 2.75) is 25.3 Å². The zero-order valence-corrected chi connectivity index (χ0v) is 9.42. The summed E-state index contributed by atoms with van der Waals surface area (Å²) in [6, 6.07) is 2.11. The van der Waals surface area contributed by atoms with Crippen LogP contribution < -0.4 is 5.32 Å². The van der Waals surface area contributed by atoms with E-state index in [4.69, 9.17) is 0 Å². The monoisotopic (exact) mass is 251 g/mol. The predicted octanol–water partition coefficient (Wildman–Crippen LogP) is 3.34. The molecular formula is C11H13ClF3N. The first-order chi connectivity index (χ1) is 7.20. The van der Waals surface area contributed by atoms with Crippen molar-refractivity contribution in [2.24, 2.45) is 0 Å². The maximum atomic E-state index is 13.4. The molecule has 5 heteroatoms. The van der Waals surface area contributed by atoms with Gasteiger partial charge in [-0.2, -0.15) is 0 Å². The summed E-state index contributed by atoms with van der Waals surface area (Å²) in [5.74, 6) is -3.57. The van der Waals surface area contributed by atoms with Crippen LogP contribution in [0.5, 0.6) is 0 Å². The third-order valence-corrected chi connectivity index (χ3v) is 2.75. The maximum Gasteiger partial charge on any atom is 0.194 e. The molecule has 0 saturated carbocycles. The van der Waals surface area contributed by atoms with Gasteiger partial charge in [-0.25, -0.2) is 13.2 Å². The summed E-state index contributed by atoms with van der Waals surface area (Å²) in [4.78, 5) is 0. The summed E-state index contributed by atoms with van der Waals surface area (Å²) < 4.78 is 39.1. The van der Waals surface area contributed by atoms with Gasteiger partial charge in [0.25, 0.3) is 0 Å². The molecule has 1 N–H and O–H groups in total. The number of halogens is 4. The van der Waals surface area contributed by atoms with E-state index in [2.05, 4.69) is 5.32 Å². The molecule has 1 aliphatic rings. The number of hydrogen-bond acceptors (Lipinski definition) is 1. The molecule has 1 saturated heterocycles. The Kier molecular flexibility index (Phi) is 4.62. The Labute approximate surface area is 98.4 Å². The second-order valence-electron chi connectivity index (χ2n) is 3.77.